The Bertz CT molecular complexity index is 338. The number of hydrogen-bond donors (Lipinski definition) is 1. The Morgan fingerprint density at radius 2 is 2.00 bits per heavy atom. The molecule has 0 aliphatic heterocycles. The van der Waals surface area contributed by atoms with E-state index < -0.39 is 23.1 Å². The average Bonchev–Trinajstić information content (AvgIpc) is 2.93. The molecule has 0 saturated heterocycles. The van der Waals surface area contributed by atoms with Gasteiger partial charge in [0.25, 0.3) is 0 Å². The maximum atomic E-state index is 12.5. The zero-order valence-corrected chi connectivity index (χ0v) is 8.54. The van der Waals surface area contributed by atoms with Crippen LogP contribution in [0.15, 0.2) is 24.2 Å². The van der Waals surface area contributed by atoms with Crippen LogP contribution < -0.4 is 0 Å². The van der Waals surface area contributed by atoms with Gasteiger partial charge in [-0.05, 0) is 12.8 Å². The zero-order chi connectivity index (χ0) is 12.4. The Morgan fingerprint density at radius 1 is 1.44 bits per heavy atom. The van der Waals surface area contributed by atoms with Gasteiger partial charge in [-0.1, -0.05) is 0 Å². The van der Waals surface area contributed by atoms with Gasteiger partial charge in [-0.15, -0.1) is 0 Å². The van der Waals surface area contributed by atoms with Crippen LogP contribution in [0.25, 0.3) is 0 Å². The van der Waals surface area contributed by atoms with Crippen molar-refractivity contribution in [2.24, 2.45) is 5.41 Å². The molecule has 90 valence electrons. The van der Waals surface area contributed by atoms with Crippen LogP contribution in [0, 0.1) is 5.41 Å². The summed E-state index contributed by atoms with van der Waals surface area (Å²) in [6.07, 6.45) is -2.34. The first kappa shape index (κ1) is 12.6. The van der Waals surface area contributed by atoms with Gasteiger partial charge in [0.2, 0.25) is 0 Å². The summed E-state index contributed by atoms with van der Waals surface area (Å²) in [6.45, 7) is 0. The normalized spacial score (nSPS) is 19.9. The molecule has 0 radical (unpaired) electrons. The number of carbonyl (C=O) groups excluding carboxylic acids is 1. The number of hydrogen-bond acceptors (Lipinski definition) is 3. The number of halogens is 3. The van der Waals surface area contributed by atoms with Crippen molar-refractivity contribution in [3.8, 4) is 0 Å². The number of alkyl halides is 3. The summed E-state index contributed by atoms with van der Waals surface area (Å²) < 4.78 is 41.9. The van der Waals surface area contributed by atoms with E-state index in [4.69, 9.17) is 0 Å². The van der Waals surface area contributed by atoms with E-state index in [0.717, 1.165) is 12.3 Å². The van der Waals surface area contributed by atoms with Gasteiger partial charge in [0.1, 0.15) is 11.2 Å². The van der Waals surface area contributed by atoms with Crippen LogP contribution in [-0.4, -0.2) is 24.2 Å². The van der Waals surface area contributed by atoms with Gasteiger partial charge >= 0.3 is 6.18 Å². The highest BCUT2D eigenvalue weighted by molar-refractivity contribution is 5.99. The lowest BCUT2D eigenvalue weighted by atomic mass is 10.0. The van der Waals surface area contributed by atoms with Crippen LogP contribution in [0.4, 0.5) is 13.2 Å². The molecule has 1 saturated carbocycles. The number of ketones is 1. The van der Waals surface area contributed by atoms with Crippen molar-refractivity contribution in [3.63, 3.8) is 0 Å². The van der Waals surface area contributed by atoms with Crippen molar-refractivity contribution in [1.29, 1.82) is 0 Å². The van der Waals surface area contributed by atoms with E-state index in [1.807, 2.05) is 0 Å². The minimum absolute atomic E-state index is 0.180. The van der Waals surface area contributed by atoms with Gasteiger partial charge in [-0.3, -0.25) is 4.79 Å². The molecule has 0 heterocycles. The standard InChI is InChI=1S/C10H11F3O3/c1-16-5-2-7(14)6-8(15)9(3-4-9)10(11,12)13/h2,5-6,15H,3-4H2,1H3/b5-2+,8-6+. The van der Waals surface area contributed by atoms with E-state index in [1.54, 1.807) is 0 Å². The molecule has 0 aromatic rings. The number of ether oxygens (including phenoxy) is 1. The summed E-state index contributed by atoms with van der Waals surface area (Å²) in [7, 11) is 1.30. The molecule has 0 unspecified atom stereocenters. The lowest BCUT2D eigenvalue weighted by molar-refractivity contribution is -0.183. The summed E-state index contributed by atoms with van der Waals surface area (Å²) in [6, 6.07) is 0. The molecule has 1 rings (SSSR count). The van der Waals surface area contributed by atoms with Crippen molar-refractivity contribution in [2.45, 2.75) is 19.0 Å². The molecular weight excluding hydrogens is 225 g/mol. The fraction of sp³-hybridized carbons (Fsp3) is 0.500. The Hall–Kier alpha value is -1.46. The van der Waals surface area contributed by atoms with Crippen molar-refractivity contribution >= 4 is 5.78 Å². The van der Waals surface area contributed by atoms with Crippen LogP contribution in [0.1, 0.15) is 12.8 Å². The van der Waals surface area contributed by atoms with Crippen LogP contribution in [0.2, 0.25) is 0 Å². The number of aliphatic hydroxyl groups is 1. The van der Waals surface area contributed by atoms with Gasteiger partial charge in [-0.2, -0.15) is 13.2 Å². The SMILES string of the molecule is CO/C=C/C(=O)/C=C(/O)C1(C(F)(F)F)CC1. The predicted molar refractivity (Wildman–Crippen MR) is 49.6 cm³/mol. The minimum atomic E-state index is -4.52. The molecular formula is C10H11F3O3. The van der Waals surface area contributed by atoms with Gasteiger partial charge in [0.15, 0.2) is 5.78 Å². The molecule has 6 heteroatoms. The largest absolute Gasteiger partial charge is 0.511 e. The first-order chi connectivity index (χ1) is 7.33. The Kier molecular flexibility index (Phi) is 3.30. The lowest BCUT2D eigenvalue weighted by Gasteiger charge is -2.17. The summed E-state index contributed by atoms with van der Waals surface area (Å²) in [5, 5.41) is 9.29. The highest BCUT2D eigenvalue weighted by Crippen LogP contribution is 2.61. The highest BCUT2D eigenvalue weighted by atomic mass is 19.4. The van der Waals surface area contributed by atoms with Gasteiger partial charge in [-0.25, -0.2) is 0 Å². The average molecular weight is 236 g/mol. The van der Waals surface area contributed by atoms with Crippen LogP contribution in [-0.2, 0) is 9.53 Å². The number of rotatable bonds is 4. The van der Waals surface area contributed by atoms with Crippen molar-refractivity contribution in [1.82, 2.24) is 0 Å². The third-order valence-corrected chi connectivity index (χ3v) is 2.43. The van der Waals surface area contributed by atoms with Crippen LogP contribution in [0.5, 0.6) is 0 Å². The summed E-state index contributed by atoms with van der Waals surface area (Å²) in [5.74, 6) is -1.67. The van der Waals surface area contributed by atoms with E-state index in [1.165, 1.54) is 7.11 Å². The van der Waals surface area contributed by atoms with Crippen LogP contribution in [0.3, 0.4) is 0 Å². The first-order valence-corrected chi connectivity index (χ1v) is 4.55. The zero-order valence-electron chi connectivity index (χ0n) is 8.54. The summed E-state index contributed by atoms with van der Waals surface area (Å²) in [4.78, 5) is 11.0. The van der Waals surface area contributed by atoms with E-state index in [-0.39, 0.29) is 12.8 Å². The molecule has 0 spiro atoms. The monoisotopic (exact) mass is 236 g/mol. The summed E-state index contributed by atoms with van der Waals surface area (Å²) >= 11 is 0. The predicted octanol–water partition coefficient (Wildman–Crippen LogP) is 2.50. The maximum absolute atomic E-state index is 12.5. The fourth-order valence-electron chi connectivity index (χ4n) is 1.27. The Labute approximate surface area is 90.2 Å². The second-order valence-electron chi connectivity index (χ2n) is 3.55. The highest BCUT2D eigenvalue weighted by Gasteiger charge is 2.66. The second kappa shape index (κ2) is 4.19. The molecule has 0 aromatic carbocycles. The van der Waals surface area contributed by atoms with Crippen molar-refractivity contribution in [3.05, 3.63) is 24.2 Å². The topological polar surface area (TPSA) is 46.5 Å². The number of carbonyl (C=O) groups is 1. The quantitative estimate of drug-likeness (QED) is 0.602. The first-order valence-electron chi connectivity index (χ1n) is 4.55. The summed E-state index contributed by atoms with van der Waals surface area (Å²) in [5.41, 5.74) is -2.20. The van der Waals surface area contributed by atoms with Gasteiger partial charge in [0, 0.05) is 12.2 Å². The van der Waals surface area contributed by atoms with Crippen molar-refractivity contribution < 1.29 is 27.8 Å². The molecule has 0 atom stereocenters. The molecule has 0 aromatic heterocycles. The Balaban J connectivity index is 2.79. The molecule has 0 bridgehead atoms. The van der Waals surface area contributed by atoms with Gasteiger partial charge < -0.3 is 9.84 Å². The van der Waals surface area contributed by atoms with E-state index in [2.05, 4.69) is 4.74 Å². The third kappa shape index (κ3) is 2.37. The van der Waals surface area contributed by atoms with E-state index >= 15 is 0 Å². The van der Waals surface area contributed by atoms with Crippen molar-refractivity contribution in [2.75, 3.05) is 7.11 Å². The maximum Gasteiger partial charge on any atom is 0.401 e. The lowest BCUT2D eigenvalue weighted by Crippen LogP contribution is -2.26. The van der Waals surface area contributed by atoms with Crippen LogP contribution >= 0.6 is 0 Å². The Morgan fingerprint density at radius 3 is 2.38 bits per heavy atom. The second-order valence-corrected chi connectivity index (χ2v) is 3.55. The molecule has 1 N–H and O–H groups in total. The molecule has 1 aliphatic rings. The smallest absolute Gasteiger partial charge is 0.401 e. The number of aliphatic hydroxyl groups excluding tert-OH is 1. The number of allylic oxidation sites excluding steroid dienone is 3. The van der Waals surface area contributed by atoms with E-state index in [0.29, 0.717) is 6.08 Å². The molecule has 0 amide bonds. The third-order valence-electron chi connectivity index (χ3n) is 2.43. The fourth-order valence-corrected chi connectivity index (χ4v) is 1.27. The molecule has 3 nitrogen and oxygen atoms in total. The van der Waals surface area contributed by atoms with E-state index in [9.17, 15) is 23.1 Å². The molecule has 1 aliphatic carbocycles. The minimum Gasteiger partial charge on any atom is -0.511 e. The molecule has 16 heavy (non-hydrogen) atoms. The number of methoxy groups -OCH3 is 1. The molecule has 1 fully saturated rings. The van der Waals surface area contributed by atoms with Gasteiger partial charge in [0.05, 0.1) is 13.4 Å².